The van der Waals surface area contributed by atoms with E-state index in [-0.39, 0.29) is 0 Å². The van der Waals surface area contributed by atoms with Crippen LogP contribution in [-0.2, 0) is 0 Å². The first-order valence-corrected chi connectivity index (χ1v) is 9.02. The van der Waals surface area contributed by atoms with Crippen molar-refractivity contribution in [3.05, 3.63) is 68.6 Å². The van der Waals surface area contributed by atoms with Crippen molar-refractivity contribution >= 4 is 31.9 Å². The van der Waals surface area contributed by atoms with Crippen molar-refractivity contribution in [2.24, 2.45) is 0 Å². The number of hydrogen-bond acceptors (Lipinski definition) is 2. The lowest BCUT2D eigenvalue weighted by molar-refractivity contribution is 0.115. The molecule has 0 aliphatic rings. The van der Waals surface area contributed by atoms with Gasteiger partial charge in [0.15, 0.2) is 0 Å². The second-order valence-electron chi connectivity index (χ2n) is 4.71. The predicted molar refractivity (Wildman–Crippen MR) is 98.8 cm³/mol. The molecule has 0 aliphatic heterocycles. The molecule has 0 bridgehead atoms. The van der Waals surface area contributed by atoms with Crippen molar-refractivity contribution in [3.63, 3.8) is 0 Å². The maximum atomic E-state index is 10.1. The predicted octanol–water partition coefficient (Wildman–Crippen LogP) is 5.79. The first-order valence-electron chi connectivity index (χ1n) is 7.43. The highest BCUT2D eigenvalue weighted by molar-refractivity contribution is 9.10. The lowest BCUT2D eigenvalue weighted by Crippen LogP contribution is -2.03. The molecule has 0 amide bonds. The maximum absolute atomic E-state index is 10.1. The molecule has 2 rings (SSSR count). The number of rotatable bonds is 5. The van der Waals surface area contributed by atoms with Crippen LogP contribution in [0.25, 0.3) is 0 Å². The number of halogens is 2. The van der Waals surface area contributed by atoms with E-state index in [1.807, 2.05) is 62.4 Å². The molecule has 4 heteroatoms. The summed E-state index contributed by atoms with van der Waals surface area (Å²) in [5, 5.41) is 20.2. The van der Waals surface area contributed by atoms with Gasteiger partial charge in [-0.2, -0.15) is 0 Å². The van der Waals surface area contributed by atoms with Crippen LogP contribution in [0.3, 0.4) is 0 Å². The van der Waals surface area contributed by atoms with Crippen LogP contribution in [0.2, 0.25) is 0 Å². The van der Waals surface area contributed by atoms with Gasteiger partial charge in [0, 0.05) is 8.95 Å². The molecule has 0 heterocycles. The molecular formula is C18H22Br2O2. The van der Waals surface area contributed by atoms with E-state index < -0.39 is 12.2 Å². The Bertz CT molecular complexity index is 487. The van der Waals surface area contributed by atoms with E-state index in [9.17, 15) is 10.2 Å². The van der Waals surface area contributed by atoms with E-state index in [0.29, 0.717) is 12.8 Å². The van der Waals surface area contributed by atoms with E-state index in [0.717, 1.165) is 20.1 Å². The van der Waals surface area contributed by atoms with Crippen LogP contribution in [-0.4, -0.2) is 10.2 Å². The molecule has 0 aromatic heterocycles. The molecule has 2 unspecified atom stereocenters. The zero-order valence-electron chi connectivity index (χ0n) is 12.8. The topological polar surface area (TPSA) is 40.5 Å². The van der Waals surface area contributed by atoms with E-state index in [1.165, 1.54) is 0 Å². The van der Waals surface area contributed by atoms with Crippen molar-refractivity contribution in [1.82, 2.24) is 0 Å². The molecule has 0 fully saturated rings. The van der Waals surface area contributed by atoms with E-state index >= 15 is 0 Å². The molecule has 2 aromatic rings. The van der Waals surface area contributed by atoms with Gasteiger partial charge in [0.2, 0.25) is 0 Å². The molecule has 0 spiro atoms. The third kappa shape index (κ3) is 6.21. The molecule has 2 N–H and O–H groups in total. The Morgan fingerprint density at radius 3 is 1.23 bits per heavy atom. The Morgan fingerprint density at radius 2 is 0.955 bits per heavy atom. The summed E-state index contributed by atoms with van der Waals surface area (Å²) in [6.07, 6.45) is -0.0426. The Labute approximate surface area is 149 Å². The van der Waals surface area contributed by atoms with Crippen LogP contribution in [0, 0.1) is 0 Å². The normalized spacial score (nSPS) is 13.0. The summed E-state index contributed by atoms with van der Waals surface area (Å²) in [7, 11) is 0. The average molecular weight is 430 g/mol. The summed E-state index contributed by atoms with van der Waals surface area (Å²) >= 11 is 6.74. The first-order chi connectivity index (χ1) is 10.6. The van der Waals surface area contributed by atoms with Crippen LogP contribution in [0.1, 0.15) is 50.0 Å². The molecular weight excluding hydrogens is 408 g/mol. The SMILES string of the molecule is CC.OC(CCC(O)c1ccc(Br)cc1)c1ccc(Br)cc1. The minimum absolute atomic E-state index is 0.527. The van der Waals surface area contributed by atoms with Gasteiger partial charge in [-0.05, 0) is 48.2 Å². The quantitative estimate of drug-likeness (QED) is 0.631. The summed E-state index contributed by atoms with van der Waals surface area (Å²) < 4.78 is 1.98. The smallest absolute Gasteiger partial charge is 0.0791 e. The van der Waals surface area contributed by atoms with Gasteiger partial charge >= 0.3 is 0 Å². The highest BCUT2D eigenvalue weighted by Crippen LogP contribution is 2.26. The van der Waals surface area contributed by atoms with Crippen LogP contribution >= 0.6 is 31.9 Å². The molecule has 0 saturated carbocycles. The molecule has 22 heavy (non-hydrogen) atoms. The summed E-state index contributed by atoms with van der Waals surface area (Å²) in [5.74, 6) is 0. The first kappa shape index (κ1) is 19.4. The minimum Gasteiger partial charge on any atom is -0.388 e. The third-order valence-corrected chi connectivity index (χ3v) is 4.28. The molecule has 0 aliphatic carbocycles. The minimum atomic E-state index is -0.548. The molecule has 120 valence electrons. The average Bonchev–Trinajstić information content (AvgIpc) is 2.55. The highest BCUT2D eigenvalue weighted by atomic mass is 79.9. The van der Waals surface area contributed by atoms with Gasteiger partial charge in [-0.1, -0.05) is 70.0 Å². The fourth-order valence-electron chi connectivity index (χ4n) is 2.02. The van der Waals surface area contributed by atoms with Crippen molar-refractivity contribution in [1.29, 1.82) is 0 Å². The fraction of sp³-hybridized carbons (Fsp3) is 0.333. The van der Waals surface area contributed by atoms with Gasteiger partial charge in [0.25, 0.3) is 0 Å². The zero-order chi connectivity index (χ0) is 16.5. The van der Waals surface area contributed by atoms with Crippen molar-refractivity contribution < 1.29 is 10.2 Å². The monoisotopic (exact) mass is 428 g/mol. The van der Waals surface area contributed by atoms with Crippen LogP contribution in [0.15, 0.2) is 57.5 Å². The molecule has 2 nitrogen and oxygen atoms in total. The summed E-state index contributed by atoms with van der Waals surface area (Å²) in [5.41, 5.74) is 1.74. The number of aliphatic hydroxyl groups is 2. The van der Waals surface area contributed by atoms with E-state index in [2.05, 4.69) is 31.9 Å². The molecule has 2 aromatic carbocycles. The Hall–Kier alpha value is -0.680. The van der Waals surface area contributed by atoms with Gasteiger partial charge in [-0.25, -0.2) is 0 Å². The third-order valence-electron chi connectivity index (χ3n) is 3.22. The van der Waals surface area contributed by atoms with Gasteiger partial charge in [0.05, 0.1) is 12.2 Å². The summed E-state index contributed by atoms with van der Waals surface area (Å²) in [6.45, 7) is 4.00. The number of benzene rings is 2. The van der Waals surface area contributed by atoms with Crippen LogP contribution < -0.4 is 0 Å². The molecule has 0 radical (unpaired) electrons. The second-order valence-corrected chi connectivity index (χ2v) is 6.54. The zero-order valence-corrected chi connectivity index (χ0v) is 16.0. The number of aliphatic hydroxyl groups excluding tert-OH is 2. The Balaban J connectivity index is 0.00000116. The molecule has 2 atom stereocenters. The Morgan fingerprint density at radius 1 is 0.682 bits per heavy atom. The van der Waals surface area contributed by atoms with Crippen LogP contribution in [0.4, 0.5) is 0 Å². The standard InChI is InChI=1S/C16H16Br2O2.C2H6/c17-13-5-1-11(2-6-13)15(19)9-10-16(20)12-3-7-14(18)8-4-12;1-2/h1-8,15-16,19-20H,9-10H2;1-2H3. The summed E-state index contributed by atoms with van der Waals surface area (Å²) in [6, 6.07) is 15.2. The fourth-order valence-corrected chi connectivity index (χ4v) is 2.55. The number of hydrogen-bond donors (Lipinski definition) is 2. The van der Waals surface area contributed by atoms with E-state index in [1.54, 1.807) is 0 Å². The molecule has 0 saturated heterocycles. The maximum Gasteiger partial charge on any atom is 0.0791 e. The van der Waals surface area contributed by atoms with Crippen molar-refractivity contribution in [2.75, 3.05) is 0 Å². The van der Waals surface area contributed by atoms with Gasteiger partial charge in [-0.3, -0.25) is 0 Å². The van der Waals surface area contributed by atoms with Crippen LogP contribution in [0.5, 0.6) is 0 Å². The van der Waals surface area contributed by atoms with Crippen molar-refractivity contribution in [2.45, 2.75) is 38.9 Å². The highest BCUT2D eigenvalue weighted by Gasteiger charge is 2.12. The lowest BCUT2D eigenvalue weighted by atomic mass is 9.99. The van der Waals surface area contributed by atoms with Gasteiger partial charge in [0.1, 0.15) is 0 Å². The van der Waals surface area contributed by atoms with E-state index in [4.69, 9.17) is 0 Å². The summed E-state index contributed by atoms with van der Waals surface area (Å²) in [4.78, 5) is 0. The largest absolute Gasteiger partial charge is 0.388 e. The van der Waals surface area contributed by atoms with Gasteiger partial charge in [-0.15, -0.1) is 0 Å². The second kappa shape index (κ2) is 10.2. The van der Waals surface area contributed by atoms with Gasteiger partial charge < -0.3 is 10.2 Å². The lowest BCUT2D eigenvalue weighted by Gasteiger charge is -2.15. The van der Waals surface area contributed by atoms with Crippen molar-refractivity contribution in [3.8, 4) is 0 Å². The Kier molecular flexibility index (Phi) is 8.95.